The second-order valence-corrected chi connectivity index (χ2v) is 6.66. The minimum Gasteiger partial charge on any atom is -0.496 e. The van der Waals surface area contributed by atoms with Crippen molar-refractivity contribution in [1.82, 2.24) is 4.90 Å². The molecule has 30 heavy (non-hydrogen) atoms. The van der Waals surface area contributed by atoms with Gasteiger partial charge in [0.05, 0.1) is 17.8 Å². The van der Waals surface area contributed by atoms with E-state index in [9.17, 15) is 14.4 Å². The molecule has 0 bridgehead atoms. The first-order chi connectivity index (χ1) is 14.3. The van der Waals surface area contributed by atoms with Gasteiger partial charge in [-0.3, -0.25) is 9.59 Å². The van der Waals surface area contributed by atoms with Gasteiger partial charge >= 0.3 is 5.97 Å². The number of anilines is 2. The highest BCUT2D eigenvalue weighted by molar-refractivity contribution is 6.33. The fourth-order valence-electron chi connectivity index (χ4n) is 2.69. The van der Waals surface area contributed by atoms with Crippen LogP contribution in [0.1, 0.15) is 34.6 Å². The van der Waals surface area contributed by atoms with Gasteiger partial charge in [0.15, 0.2) is 6.61 Å². The molecule has 0 saturated carbocycles. The number of esters is 1. The zero-order valence-electron chi connectivity index (χ0n) is 17.0. The van der Waals surface area contributed by atoms with E-state index in [-0.39, 0.29) is 27.9 Å². The molecule has 2 aromatic rings. The molecule has 9 heteroatoms. The average Bonchev–Trinajstić information content (AvgIpc) is 2.74. The van der Waals surface area contributed by atoms with Gasteiger partial charge in [0, 0.05) is 30.4 Å². The van der Waals surface area contributed by atoms with Gasteiger partial charge in [-0.05, 0) is 44.2 Å². The topological polar surface area (TPSA) is 111 Å². The van der Waals surface area contributed by atoms with Gasteiger partial charge < -0.3 is 25.4 Å². The first kappa shape index (κ1) is 23.0. The van der Waals surface area contributed by atoms with E-state index < -0.39 is 18.5 Å². The van der Waals surface area contributed by atoms with Crippen LogP contribution in [-0.2, 0) is 9.53 Å². The van der Waals surface area contributed by atoms with Crippen molar-refractivity contribution in [3.8, 4) is 5.75 Å². The first-order valence-electron chi connectivity index (χ1n) is 9.30. The van der Waals surface area contributed by atoms with Crippen molar-refractivity contribution in [2.45, 2.75) is 13.8 Å². The Balaban J connectivity index is 1.96. The molecule has 2 amide bonds. The molecule has 0 heterocycles. The smallest absolute Gasteiger partial charge is 0.342 e. The van der Waals surface area contributed by atoms with Crippen LogP contribution in [0.15, 0.2) is 36.4 Å². The van der Waals surface area contributed by atoms with E-state index in [1.54, 1.807) is 29.2 Å². The van der Waals surface area contributed by atoms with Gasteiger partial charge in [-0.2, -0.15) is 0 Å². The molecule has 0 aliphatic heterocycles. The fourth-order valence-corrected chi connectivity index (χ4v) is 2.86. The van der Waals surface area contributed by atoms with Gasteiger partial charge in [0.2, 0.25) is 0 Å². The van der Waals surface area contributed by atoms with E-state index in [2.05, 4.69) is 5.32 Å². The standard InChI is InChI=1S/C21H24ClN3O5/c1-4-25(5-2)20(27)13-6-8-14(9-7-13)24-19(26)12-30-21(28)15-10-16(22)17(23)11-18(15)29-3/h6-11H,4-5,12,23H2,1-3H3,(H,24,26). The molecule has 0 fully saturated rings. The Morgan fingerprint density at radius 3 is 2.30 bits per heavy atom. The normalized spacial score (nSPS) is 10.3. The van der Waals surface area contributed by atoms with Gasteiger partial charge in [-0.25, -0.2) is 4.79 Å². The summed E-state index contributed by atoms with van der Waals surface area (Å²) in [6, 6.07) is 9.20. The van der Waals surface area contributed by atoms with Crippen molar-refractivity contribution >= 4 is 40.8 Å². The number of hydrogen-bond acceptors (Lipinski definition) is 6. The summed E-state index contributed by atoms with van der Waals surface area (Å²) in [6.45, 7) is 4.53. The second-order valence-electron chi connectivity index (χ2n) is 6.25. The van der Waals surface area contributed by atoms with Crippen molar-refractivity contribution in [2.24, 2.45) is 0 Å². The Kier molecular flexibility index (Phi) is 8.06. The number of carbonyl (C=O) groups is 3. The van der Waals surface area contributed by atoms with Crippen molar-refractivity contribution in [1.29, 1.82) is 0 Å². The molecule has 0 aliphatic carbocycles. The van der Waals surface area contributed by atoms with Crippen LogP contribution in [0, 0.1) is 0 Å². The lowest BCUT2D eigenvalue weighted by Crippen LogP contribution is -2.30. The quantitative estimate of drug-likeness (QED) is 0.488. The number of halogens is 1. The van der Waals surface area contributed by atoms with E-state index in [4.69, 9.17) is 26.8 Å². The summed E-state index contributed by atoms with van der Waals surface area (Å²) < 4.78 is 10.1. The minimum atomic E-state index is -0.774. The highest BCUT2D eigenvalue weighted by Gasteiger charge is 2.18. The number of nitrogens with zero attached hydrogens (tertiary/aromatic N) is 1. The average molecular weight is 434 g/mol. The molecule has 0 saturated heterocycles. The van der Waals surface area contributed by atoms with Crippen LogP contribution in [0.3, 0.4) is 0 Å². The lowest BCUT2D eigenvalue weighted by Gasteiger charge is -2.18. The van der Waals surface area contributed by atoms with E-state index in [0.29, 0.717) is 24.3 Å². The number of nitrogens with one attached hydrogen (secondary N) is 1. The molecule has 160 valence electrons. The summed E-state index contributed by atoms with van der Waals surface area (Å²) in [5, 5.41) is 2.78. The first-order valence-corrected chi connectivity index (χ1v) is 9.67. The van der Waals surface area contributed by atoms with Gasteiger partial charge in [0.25, 0.3) is 11.8 Å². The number of nitrogens with two attached hydrogens (primary N) is 1. The molecule has 0 atom stereocenters. The molecule has 3 N–H and O–H groups in total. The zero-order chi connectivity index (χ0) is 22.3. The number of amides is 2. The molecule has 2 aromatic carbocycles. The molecular weight excluding hydrogens is 410 g/mol. The molecule has 0 aliphatic rings. The third-order valence-electron chi connectivity index (χ3n) is 4.34. The van der Waals surface area contributed by atoms with E-state index >= 15 is 0 Å². The summed E-state index contributed by atoms with van der Waals surface area (Å²) in [6.07, 6.45) is 0. The number of ether oxygens (including phenoxy) is 2. The largest absolute Gasteiger partial charge is 0.496 e. The lowest BCUT2D eigenvalue weighted by atomic mass is 10.1. The predicted octanol–water partition coefficient (Wildman–Crippen LogP) is 3.21. The number of nitrogen functional groups attached to an aromatic ring is 1. The van der Waals surface area contributed by atoms with Crippen molar-refractivity contribution in [3.63, 3.8) is 0 Å². The second kappa shape index (κ2) is 10.5. The molecule has 8 nitrogen and oxygen atoms in total. The number of carbonyl (C=O) groups excluding carboxylic acids is 3. The maximum atomic E-state index is 12.3. The SMILES string of the molecule is CCN(CC)C(=O)c1ccc(NC(=O)COC(=O)c2cc(Cl)c(N)cc2OC)cc1. The van der Waals surface area contributed by atoms with Crippen LogP contribution >= 0.6 is 11.6 Å². The van der Waals surface area contributed by atoms with E-state index in [1.807, 2.05) is 13.8 Å². The zero-order valence-corrected chi connectivity index (χ0v) is 17.8. The van der Waals surface area contributed by atoms with Crippen LogP contribution in [0.25, 0.3) is 0 Å². The molecule has 0 aromatic heterocycles. The van der Waals surface area contributed by atoms with Crippen LogP contribution in [-0.4, -0.2) is 49.5 Å². The molecular formula is C21H24ClN3O5. The number of hydrogen-bond donors (Lipinski definition) is 2. The van der Waals surface area contributed by atoms with Gasteiger partial charge in [0.1, 0.15) is 11.3 Å². The van der Waals surface area contributed by atoms with Gasteiger partial charge in [-0.15, -0.1) is 0 Å². The summed E-state index contributed by atoms with van der Waals surface area (Å²) in [5.41, 5.74) is 6.99. The summed E-state index contributed by atoms with van der Waals surface area (Å²) >= 11 is 5.94. The third kappa shape index (κ3) is 5.64. The lowest BCUT2D eigenvalue weighted by molar-refractivity contribution is -0.119. The van der Waals surface area contributed by atoms with Crippen LogP contribution in [0.5, 0.6) is 5.75 Å². The third-order valence-corrected chi connectivity index (χ3v) is 4.67. The predicted molar refractivity (Wildman–Crippen MR) is 115 cm³/mol. The number of rotatable bonds is 8. The summed E-state index contributed by atoms with van der Waals surface area (Å²) in [5.74, 6) is -1.20. The van der Waals surface area contributed by atoms with Crippen molar-refractivity contribution in [3.05, 3.63) is 52.5 Å². The highest BCUT2D eigenvalue weighted by Crippen LogP contribution is 2.29. The van der Waals surface area contributed by atoms with Gasteiger partial charge in [-0.1, -0.05) is 11.6 Å². The Morgan fingerprint density at radius 1 is 1.10 bits per heavy atom. The fraction of sp³-hybridized carbons (Fsp3) is 0.286. The minimum absolute atomic E-state index is 0.0590. The summed E-state index contributed by atoms with van der Waals surface area (Å²) in [4.78, 5) is 38.4. The Hall–Kier alpha value is -3.26. The molecule has 0 unspecified atom stereocenters. The van der Waals surface area contributed by atoms with Crippen molar-refractivity contribution < 1.29 is 23.9 Å². The highest BCUT2D eigenvalue weighted by atomic mass is 35.5. The van der Waals surface area contributed by atoms with E-state index in [1.165, 1.54) is 19.2 Å². The molecule has 2 rings (SSSR count). The van der Waals surface area contributed by atoms with Crippen LogP contribution < -0.4 is 15.8 Å². The number of methoxy groups -OCH3 is 1. The van der Waals surface area contributed by atoms with E-state index in [0.717, 1.165) is 0 Å². The van der Waals surface area contributed by atoms with Crippen LogP contribution in [0.2, 0.25) is 5.02 Å². The molecule has 0 spiro atoms. The Labute approximate surface area is 179 Å². The van der Waals surface area contributed by atoms with Crippen LogP contribution in [0.4, 0.5) is 11.4 Å². The Bertz CT molecular complexity index is 927. The Morgan fingerprint density at radius 2 is 1.73 bits per heavy atom. The maximum absolute atomic E-state index is 12.3. The van der Waals surface area contributed by atoms with Crippen molar-refractivity contribution in [2.75, 3.05) is 37.9 Å². The monoisotopic (exact) mass is 433 g/mol. The maximum Gasteiger partial charge on any atom is 0.342 e. The molecule has 0 radical (unpaired) electrons. The summed E-state index contributed by atoms with van der Waals surface area (Å²) in [7, 11) is 1.38. The number of benzene rings is 2.